The lowest BCUT2D eigenvalue weighted by Crippen LogP contribution is -1.92. The number of fused-ring (bicyclic) bond motifs is 6. The van der Waals surface area contributed by atoms with Crippen LogP contribution in [0.3, 0.4) is 0 Å². The van der Waals surface area contributed by atoms with Gasteiger partial charge in [0, 0.05) is 38.9 Å². The number of furan rings is 1. The zero-order valence-corrected chi connectivity index (χ0v) is 17.7. The fourth-order valence-electron chi connectivity index (χ4n) is 4.77. The first-order chi connectivity index (χ1) is 16.4. The van der Waals surface area contributed by atoms with Gasteiger partial charge in [-0.1, -0.05) is 84.9 Å². The fraction of sp³-hybridized carbons (Fsp3) is 0. The summed E-state index contributed by atoms with van der Waals surface area (Å²) in [6.45, 7) is 0. The lowest BCUT2D eigenvalue weighted by atomic mass is 10.0. The average molecular weight is 422 g/mol. The third-order valence-corrected chi connectivity index (χ3v) is 6.33. The van der Waals surface area contributed by atoms with Crippen molar-refractivity contribution in [2.45, 2.75) is 0 Å². The number of hydrogen-bond donors (Lipinski definition) is 0. The van der Waals surface area contributed by atoms with Crippen LogP contribution < -0.4 is 0 Å². The molecule has 0 N–H and O–H groups in total. The van der Waals surface area contributed by atoms with E-state index in [-0.39, 0.29) is 0 Å². The van der Waals surface area contributed by atoms with E-state index in [1.165, 1.54) is 5.39 Å². The molecule has 0 aliphatic heterocycles. The summed E-state index contributed by atoms with van der Waals surface area (Å²) in [4.78, 5) is 9.81. The Morgan fingerprint density at radius 1 is 0.545 bits per heavy atom. The number of benzene rings is 4. The van der Waals surface area contributed by atoms with Gasteiger partial charge in [-0.25, -0.2) is 4.98 Å². The normalized spacial score (nSPS) is 11.6. The SMILES string of the molecule is c1ccc2c(c1)nc(-c1ccc(-c3cccc4c3oc3ccccc34)cn1)c1ccccc12. The first-order valence-electron chi connectivity index (χ1n) is 11.0. The van der Waals surface area contributed by atoms with Gasteiger partial charge in [-0.15, -0.1) is 0 Å². The molecule has 0 fully saturated rings. The molecule has 3 nitrogen and oxygen atoms in total. The Bertz CT molecular complexity index is 1810. The first kappa shape index (κ1) is 18.1. The molecule has 0 saturated heterocycles. The van der Waals surface area contributed by atoms with Crippen molar-refractivity contribution in [3.63, 3.8) is 0 Å². The van der Waals surface area contributed by atoms with E-state index in [1.807, 2.05) is 30.5 Å². The smallest absolute Gasteiger partial charge is 0.143 e. The molecule has 3 heterocycles. The quantitative estimate of drug-likeness (QED) is 0.265. The molecule has 0 aliphatic carbocycles. The Morgan fingerprint density at radius 2 is 1.27 bits per heavy atom. The maximum absolute atomic E-state index is 6.22. The third-order valence-electron chi connectivity index (χ3n) is 6.33. The highest BCUT2D eigenvalue weighted by Gasteiger charge is 2.14. The van der Waals surface area contributed by atoms with Gasteiger partial charge in [-0.3, -0.25) is 4.98 Å². The van der Waals surface area contributed by atoms with Gasteiger partial charge in [0.05, 0.1) is 16.9 Å². The molecule has 33 heavy (non-hydrogen) atoms. The molecule has 0 amide bonds. The number of aromatic nitrogens is 2. The molecule has 0 atom stereocenters. The largest absolute Gasteiger partial charge is 0.455 e. The number of pyridine rings is 2. The molecule has 3 aromatic heterocycles. The van der Waals surface area contributed by atoms with Crippen LogP contribution in [0.5, 0.6) is 0 Å². The van der Waals surface area contributed by atoms with Crippen LogP contribution >= 0.6 is 0 Å². The Kier molecular flexibility index (Phi) is 3.84. The zero-order chi connectivity index (χ0) is 21.8. The van der Waals surface area contributed by atoms with E-state index in [9.17, 15) is 0 Å². The predicted molar refractivity (Wildman–Crippen MR) is 135 cm³/mol. The fourth-order valence-corrected chi connectivity index (χ4v) is 4.77. The van der Waals surface area contributed by atoms with Crippen LogP contribution in [0.2, 0.25) is 0 Å². The van der Waals surface area contributed by atoms with Gasteiger partial charge in [0.25, 0.3) is 0 Å². The van der Waals surface area contributed by atoms with Crippen LogP contribution in [0.4, 0.5) is 0 Å². The maximum atomic E-state index is 6.22. The van der Waals surface area contributed by atoms with Gasteiger partial charge in [-0.2, -0.15) is 0 Å². The van der Waals surface area contributed by atoms with E-state index in [1.54, 1.807) is 0 Å². The number of nitrogens with zero attached hydrogens (tertiary/aromatic N) is 2. The third kappa shape index (κ3) is 2.76. The van der Waals surface area contributed by atoms with Crippen molar-refractivity contribution >= 4 is 43.6 Å². The van der Waals surface area contributed by atoms with Crippen LogP contribution in [0.15, 0.2) is 114 Å². The van der Waals surface area contributed by atoms with E-state index < -0.39 is 0 Å². The zero-order valence-electron chi connectivity index (χ0n) is 17.7. The second-order valence-electron chi connectivity index (χ2n) is 8.24. The van der Waals surface area contributed by atoms with Crippen LogP contribution in [-0.2, 0) is 0 Å². The molecule has 0 spiro atoms. The van der Waals surface area contributed by atoms with Gasteiger partial charge in [0.1, 0.15) is 11.2 Å². The van der Waals surface area contributed by atoms with Crippen molar-refractivity contribution in [2.75, 3.05) is 0 Å². The molecule has 0 unspecified atom stereocenters. The average Bonchev–Trinajstić information content (AvgIpc) is 3.27. The molecular weight excluding hydrogens is 404 g/mol. The molecule has 0 radical (unpaired) electrons. The molecule has 7 rings (SSSR count). The van der Waals surface area contributed by atoms with Crippen LogP contribution in [-0.4, -0.2) is 9.97 Å². The monoisotopic (exact) mass is 422 g/mol. The molecule has 0 aliphatic rings. The van der Waals surface area contributed by atoms with E-state index >= 15 is 0 Å². The minimum atomic E-state index is 0.859. The van der Waals surface area contributed by atoms with Crippen molar-refractivity contribution in [3.8, 4) is 22.5 Å². The van der Waals surface area contributed by atoms with Gasteiger partial charge >= 0.3 is 0 Å². The summed E-state index contributed by atoms with van der Waals surface area (Å²) in [5.74, 6) is 0. The second kappa shape index (κ2) is 7.01. The maximum Gasteiger partial charge on any atom is 0.143 e. The molecule has 0 saturated carbocycles. The summed E-state index contributed by atoms with van der Waals surface area (Å²) in [6, 6.07) is 35.3. The molecule has 4 aromatic carbocycles. The summed E-state index contributed by atoms with van der Waals surface area (Å²) in [5.41, 5.74) is 6.59. The summed E-state index contributed by atoms with van der Waals surface area (Å²) < 4.78 is 6.22. The molecule has 0 bridgehead atoms. The Hall–Kier alpha value is -4.50. The van der Waals surface area contributed by atoms with Gasteiger partial charge in [-0.05, 0) is 23.6 Å². The highest BCUT2D eigenvalue weighted by Crippen LogP contribution is 2.36. The Morgan fingerprint density at radius 3 is 2.12 bits per heavy atom. The minimum absolute atomic E-state index is 0.859. The topological polar surface area (TPSA) is 38.9 Å². The van der Waals surface area contributed by atoms with E-state index in [4.69, 9.17) is 14.4 Å². The summed E-state index contributed by atoms with van der Waals surface area (Å²) in [6.07, 6.45) is 1.92. The molecule has 3 heteroatoms. The first-order valence-corrected chi connectivity index (χ1v) is 11.0. The Labute approximate surface area is 190 Å². The van der Waals surface area contributed by atoms with Crippen molar-refractivity contribution in [1.82, 2.24) is 9.97 Å². The molecule has 154 valence electrons. The lowest BCUT2D eigenvalue weighted by molar-refractivity contribution is 0.670. The van der Waals surface area contributed by atoms with Crippen molar-refractivity contribution < 1.29 is 4.42 Å². The highest BCUT2D eigenvalue weighted by atomic mass is 16.3. The summed E-state index contributed by atoms with van der Waals surface area (Å²) in [7, 11) is 0. The lowest BCUT2D eigenvalue weighted by Gasteiger charge is -2.10. The summed E-state index contributed by atoms with van der Waals surface area (Å²) in [5, 5.41) is 5.71. The number of hydrogen-bond acceptors (Lipinski definition) is 3. The minimum Gasteiger partial charge on any atom is -0.455 e. The van der Waals surface area contributed by atoms with Crippen LogP contribution in [0.1, 0.15) is 0 Å². The van der Waals surface area contributed by atoms with E-state index in [0.717, 1.165) is 60.7 Å². The second-order valence-corrected chi connectivity index (χ2v) is 8.24. The van der Waals surface area contributed by atoms with Gasteiger partial charge < -0.3 is 4.42 Å². The predicted octanol–water partition coefficient (Wildman–Crippen LogP) is 8.02. The van der Waals surface area contributed by atoms with Crippen molar-refractivity contribution in [3.05, 3.63) is 109 Å². The van der Waals surface area contributed by atoms with Crippen molar-refractivity contribution in [2.24, 2.45) is 0 Å². The van der Waals surface area contributed by atoms with Crippen LogP contribution in [0, 0.1) is 0 Å². The highest BCUT2D eigenvalue weighted by molar-refractivity contribution is 6.11. The Balaban J connectivity index is 1.40. The molecule has 7 aromatic rings. The molecular formula is C30H18N2O. The van der Waals surface area contributed by atoms with E-state index in [0.29, 0.717) is 0 Å². The van der Waals surface area contributed by atoms with Gasteiger partial charge in [0.15, 0.2) is 0 Å². The van der Waals surface area contributed by atoms with E-state index in [2.05, 4.69) is 78.9 Å². The van der Waals surface area contributed by atoms with Gasteiger partial charge in [0.2, 0.25) is 0 Å². The standard InChI is InChI=1S/C30H18N2O/c1-2-11-24-21(8-1)22-9-3-5-14-26(22)32-29(24)27-17-16-19(18-31-27)20-12-7-13-25-23-10-4-6-15-28(23)33-30(20)25/h1-18H. The number of para-hydroxylation sites is 3. The van der Waals surface area contributed by atoms with Crippen LogP contribution in [0.25, 0.3) is 66.1 Å². The summed E-state index contributed by atoms with van der Waals surface area (Å²) >= 11 is 0. The van der Waals surface area contributed by atoms with Crippen molar-refractivity contribution in [1.29, 1.82) is 0 Å². The number of rotatable bonds is 2.